The standard InChI is InChI=1S/C8H12N4S/c1-12(2)11-8(13)10-7-4-3-5-9-6-7/h3-6H,1-2H3,(H2,10,11,13). The van der Waals surface area contributed by atoms with E-state index in [2.05, 4.69) is 15.7 Å². The predicted octanol–water partition coefficient (Wildman–Crippen LogP) is 0.845. The lowest BCUT2D eigenvalue weighted by atomic mass is 10.4. The summed E-state index contributed by atoms with van der Waals surface area (Å²) in [4.78, 5) is 3.95. The molecule has 0 fully saturated rings. The quantitative estimate of drug-likeness (QED) is 0.542. The maximum absolute atomic E-state index is 5.02. The minimum absolute atomic E-state index is 0.554. The van der Waals surface area contributed by atoms with Gasteiger partial charge in [-0.2, -0.15) is 0 Å². The molecule has 0 radical (unpaired) electrons. The van der Waals surface area contributed by atoms with Crippen LogP contribution in [0.1, 0.15) is 0 Å². The number of hydrazine groups is 1. The van der Waals surface area contributed by atoms with E-state index in [1.807, 2.05) is 26.2 Å². The van der Waals surface area contributed by atoms with Crippen LogP contribution < -0.4 is 10.7 Å². The number of nitrogens with zero attached hydrogens (tertiary/aromatic N) is 2. The maximum Gasteiger partial charge on any atom is 0.185 e. The SMILES string of the molecule is CN(C)NC(=S)Nc1cccnc1. The topological polar surface area (TPSA) is 40.2 Å². The normalized spacial score (nSPS) is 9.77. The highest BCUT2D eigenvalue weighted by atomic mass is 32.1. The highest BCUT2D eigenvalue weighted by Crippen LogP contribution is 2.01. The molecule has 1 aromatic rings. The Bertz CT molecular complexity index is 273. The monoisotopic (exact) mass is 196 g/mol. The second kappa shape index (κ2) is 4.74. The Balaban J connectivity index is 2.46. The molecule has 0 unspecified atom stereocenters. The van der Waals surface area contributed by atoms with Gasteiger partial charge in [-0.1, -0.05) is 0 Å². The third-order valence-electron chi connectivity index (χ3n) is 1.24. The van der Waals surface area contributed by atoms with Crippen molar-refractivity contribution in [1.29, 1.82) is 0 Å². The fourth-order valence-electron chi connectivity index (χ4n) is 0.799. The molecule has 1 heterocycles. The molecule has 1 aromatic heterocycles. The van der Waals surface area contributed by atoms with Crippen molar-refractivity contribution in [1.82, 2.24) is 15.4 Å². The summed E-state index contributed by atoms with van der Waals surface area (Å²) in [6.45, 7) is 0. The van der Waals surface area contributed by atoms with Crippen molar-refractivity contribution < 1.29 is 0 Å². The molecular weight excluding hydrogens is 184 g/mol. The lowest BCUT2D eigenvalue weighted by molar-refractivity contribution is 0.365. The number of pyridine rings is 1. The Labute approximate surface area is 82.9 Å². The first kappa shape index (κ1) is 9.88. The van der Waals surface area contributed by atoms with Crippen LogP contribution in [0.25, 0.3) is 0 Å². The molecular formula is C8H12N4S. The number of hydrogen-bond acceptors (Lipinski definition) is 3. The van der Waals surface area contributed by atoms with E-state index < -0.39 is 0 Å². The van der Waals surface area contributed by atoms with Crippen molar-refractivity contribution in [2.45, 2.75) is 0 Å². The average molecular weight is 196 g/mol. The number of thiocarbonyl (C=S) groups is 1. The van der Waals surface area contributed by atoms with Crippen LogP contribution in [0.5, 0.6) is 0 Å². The first-order valence-electron chi connectivity index (χ1n) is 3.83. The molecule has 0 aliphatic heterocycles. The summed E-state index contributed by atoms with van der Waals surface area (Å²) in [5.41, 5.74) is 3.79. The second-order valence-corrected chi connectivity index (χ2v) is 3.11. The van der Waals surface area contributed by atoms with Gasteiger partial charge in [0.25, 0.3) is 0 Å². The molecule has 4 nitrogen and oxygen atoms in total. The van der Waals surface area contributed by atoms with Gasteiger partial charge in [-0.15, -0.1) is 0 Å². The van der Waals surface area contributed by atoms with Crippen molar-refractivity contribution in [3.05, 3.63) is 24.5 Å². The smallest absolute Gasteiger partial charge is 0.185 e. The summed E-state index contributed by atoms with van der Waals surface area (Å²) in [5.74, 6) is 0. The molecule has 0 spiro atoms. The van der Waals surface area contributed by atoms with Crippen LogP contribution in [-0.4, -0.2) is 29.2 Å². The van der Waals surface area contributed by atoms with Gasteiger partial charge in [0.15, 0.2) is 5.11 Å². The number of aromatic nitrogens is 1. The largest absolute Gasteiger partial charge is 0.330 e. The third kappa shape index (κ3) is 3.82. The molecule has 0 aromatic carbocycles. The maximum atomic E-state index is 5.02. The van der Waals surface area contributed by atoms with Gasteiger partial charge in [-0.3, -0.25) is 10.4 Å². The summed E-state index contributed by atoms with van der Waals surface area (Å²) < 4.78 is 0. The summed E-state index contributed by atoms with van der Waals surface area (Å²) in [6, 6.07) is 3.75. The molecule has 0 aliphatic carbocycles. The molecule has 70 valence electrons. The lowest BCUT2D eigenvalue weighted by Gasteiger charge is -2.15. The van der Waals surface area contributed by atoms with Crippen LogP contribution in [0.15, 0.2) is 24.5 Å². The van der Waals surface area contributed by atoms with E-state index in [-0.39, 0.29) is 0 Å². The Morgan fingerprint density at radius 1 is 1.54 bits per heavy atom. The van der Waals surface area contributed by atoms with E-state index >= 15 is 0 Å². The highest BCUT2D eigenvalue weighted by Gasteiger charge is 1.96. The second-order valence-electron chi connectivity index (χ2n) is 2.70. The van der Waals surface area contributed by atoms with Gasteiger partial charge in [0.2, 0.25) is 0 Å². The van der Waals surface area contributed by atoms with E-state index in [0.29, 0.717) is 5.11 Å². The molecule has 0 amide bonds. The molecule has 1 rings (SSSR count). The molecule has 0 saturated heterocycles. The van der Waals surface area contributed by atoms with Gasteiger partial charge in [0.05, 0.1) is 11.9 Å². The van der Waals surface area contributed by atoms with E-state index in [0.717, 1.165) is 5.69 Å². The molecule has 0 bridgehead atoms. The van der Waals surface area contributed by atoms with Crippen LogP contribution >= 0.6 is 12.2 Å². The van der Waals surface area contributed by atoms with Gasteiger partial charge in [0.1, 0.15) is 0 Å². The van der Waals surface area contributed by atoms with Crippen LogP contribution in [0, 0.1) is 0 Å². The van der Waals surface area contributed by atoms with Gasteiger partial charge < -0.3 is 5.32 Å². The number of nitrogens with one attached hydrogen (secondary N) is 2. The molecule has 5 heteroatoms. The van der Waals surface area contributed by atoms with Gasteiger partial charge in [-0.05, 0) is 24.4 Å². The summed E-state index contributed by atoms with van der Waals surface area (Å²) in [6.07, 6.45) is 3.43. The third-order valence-corrected chi connectivity index (χ3v) is 1.44. The van der Waals surface area contributed by atoms with Crippen molar-refractivity contribution in [3.8, 4) is 0 Å². The number of hydrogen-bond donors (Lipinski definition) is 2. The van der Waals surface area contributed by atoms with Crippen LogP contribution in [0.2, 0.25) is 0 Å². The fourth-order valence-corrected chi connectivity index (χ4v) is 1.10. The molecule has 2 N–H and O–H groups in total. The summed E-state index contributed by atoms with van der Waals surface area (Å²) >= 11 is 5.02. The first-order chi connectivity index (χ1) is 6.18. The van der Waals surface area contributed by atoms with Crippen molar-refractivity contribution >= 4 is 23.0 Å². The molecule has 13 heavy (non-hydrogen) atoms. The predicted molar refractivity (Wildman–Crippen MR) is 57.3 cm³/mol. The van der Waals surface area contributed by atoms with Gasteiger partial charge in [0, 0.05) is 20.3 Å². The van der Waals surface area contributed by atoms with E-state index in [4.69, 9.17) is 12.2 Å². The van der Waals surface area contributed by atoms with Crippen molar-refractivity contribution in [2.24, 2.45) is 0 Å². The Morgan fingerprint density at radius 2 is 2.31 bits per heavy atom. The fraction of sp³-hybridized carbons (Fsp3) is 0.250. The van der Waals surface area contributed by atoms with Crippen molar-refractivity contribution in [2.75, 3.05) is 19.4 Å². The van der Waals surface area contributed by atoms with Gasteiger partial charge >= 0.3 is 0 Å². The van der Waals surface area contributed by atoms with E-state index in [1.54, 1.807) is 17.4 Å². The minimum Gasteiger partial charge on any atom is -0.330 e. The molecule has 0 atom stereocenters. The van der Waals surface area contributed by atoms with E-state index in [1.165, 1.54) is 0 Å². The highest BCUT2D eigenvalue weighted by molar-refractivity contribution is 7.80. The Hall–Kier alpha value is -1.20. The molecule has 0 aliphatic rings. The van der Waals surface area contributed by atoms with Gasteiger partial charge in [-0.25, -0.2) is 5.01 Å². The zero-order chi connectivity index (χ0) is 9.68. The van der Waals surface area contributed by atoms with Crippen LogP contribution in [0.3, 0.4) is 0 Å². The summed E-state index contributed by atoms with van der Waals surface area (Å²) in [5, 5.41) is 5.31. The van der Waals surface area contributed by atoms with Crippen LogP contribution in [-0.2, 0) is 0 Å². The van der Waals surface area contributed by atoms with Crippen molar-refractivity contribution in [3.63, 3.8) is 0 Å². The van der Waals surface area contributed by atoms with Crippen LogP contribution in [0.4, 0.5) is 5.69 Å². The zero-order valence-electron chi connectivity index (χ0n) is 7.61. The first-order valence-corrected chi connectivity index (χ1v) is 4.24. The van der Waals surface area contributed by atoms with E-state index in [9.17, 15) is 0 Å². The average Bonchev–Trinajstić information content (AvgIpc) is 2.04. The Kier molecular flexibility index (Phi) is 3.60. The zero-order valence-corrected chi connectivity index (χ0v) is 8.43. The Morgan fingerprint density at radius 3 is 2.85 bits per heavy atom. The lowest BCUT2D eigenvalue weighted by Crippen LogP contribution is -2.38. The summed E-state index contributed by atoms with van der Waals surface area (Å²) in [7, 11) is 3.74. The molecule has 0 saturated carbocycles. The number of rotatable bonds is 2. The minimum atomic E-state index is 0.554. The number of anilines is 1.